The zero-order chi connectivity index (χ0) is 16.4. The Hall–Kier alpha value is -1.86. The van der Waals surface area contributed by atoms with Crippen molar-refractivity contribution in [2.45, 2.75) is 31.2 Å². The SMILES string of the molecule is CC(C)(C)Nc1ccc(NS(=O)(=O)c2cccc(Cl)c2)nn1. The van der Waals surface area contributed by atoms with Crippen LogP contribution >= 0.6 is 11.6 Å². The summed E-state index contributed by atoms with van der Waals surface area (Å²) in [6.45, 7) is 5.97. The normalized spacial score (nSPS) is 12.0. The van der Waals surface area contributed by atoms with Crippen LogP contribution < -0.4 is 10.0 Å². The average molecular weight is 341 g/mol. The number of nitrogens with one attached hydrogen (secondary N) is 2. The molecule has 2 N–H and O–H groups in total. The number of nitrogens with zero attached hydrogens (tertiary/aromatic N) is 2. The molecule has 2 rings (SSSR count). The van der Waals surface area contributed by atoms with Crippen molar-refractivity contribution in [3.63, 3.8) is 0 Å². The summed E-state index contributed by atoms with van der Waals surface area (Å²) in [6, 6.07) is 9.20. The molecule has 1 heterocycles. The maximum atomic E-state index is 12.2. The van der Waals surface area contributed by atoms with Gasteiger partial charge < -0.3 is 5.32 Å². The van der Waals surface area contributed by atoms with Crippen LogP contribution in [-0.2, 0) is 10.0 Å². The number of anilines is 2. The van der Waals surface area contributed by atoms with E-state index in [0.29, 0.717) is 10.8 Å². The van der Waals surface area contributed by atoms with Crippen molar-refractivity contribution < 1.29 is 8.42 Å². The molecule has 118 valence electrons. The Kier molecular flexibility index (Phi) is 4.58. The summed E-state index contributed by atoms with van der Waals surface area (Å²) in [4.78, 5) is 0.0682. The third-order valence-corrected chi connectivity index (χ3v) is 4.10. The van der Waals surface area contributed by atoms with E-state index in [1.54, 1.807) is 24.3 Å². The third kappa shape index (κ3) is 4.57. The van der Waals surface area contributed by atoms with Crippen LogP contribution in [0.4, 0.5) is 11.6 Å². The van der Waals surface area contributed by atoms with Gasteiger partial charge in [-0.15, -0.1) is 10.2 Å². The second kappa shape index (κ2) is 6.10. The first-order valence-electron chi connectivity index (χ1n) is 6.56. The molecule has 1 aromatic carbocycles. The Morgan fingerprint density at radius 1 is 1.05 bits per heavy atom. The van der Waals surface area contributed by atoms with Crippen molar-refractivity contribution >= 4 is 33.3 Å². The molecule has 0 amide bonds. The smallest absolute Gasteiger partial charge is 0.263 e. The molecule has 1 aromatic heterocycles. The van der Waals surface area contributed by atoms with Crippen LogP contribution in [0.2, 0.25) is 5.02 Å². The lowest BCUT2D eigenvalue weighted by atomic mass is 10.1. The first-order valence-corrected chi connectivity index (χ1v) is 8.42. The van der Waals surface area contributed by atoms with E-state index in [0.717, 1.165) is 0 Å². The molecule has 0 radical (unpaired) electrons. The van der Waals surface area contributed by atoms with Crippen LogP contribution in [-0.4, -0.2) is 24.2 Å². The fraction of sp³-hybridized carbons (Fsp3) is 0.286. The largest absolute Gasteiger partial charge is 0.364 e. The first kappa shape index (κ1) is 16.5. The predicted molar refractivity (Wildman–Crippen MR) is 87.7 cm³/mol. The van der Waals surface area contributed by atoms with Gasteiger partial charge in [-0.3, -0.25) is 4.72 Å². The molecule has 0 unspecified atom stereocenters. The molecule has 6 nitrogen and oxygen atoms in total. The molecule has 0 aliphatic heterocycles. The summed E-state index contributed by atoms with van der Waals surface area (Å²) >= 11 is 5.81. The molecule has 0 atom stereocenters. The fourth-order valence-corrected chi connectivity index (χ4v) is 2.97. The van der Waals surface area contributed by atoms with Crippen LogP contribution in [0.3, 0.4) is 0 Å². The lowest BCUT2D eigenvalue weighted by Gasteiger charge is -2.20. The third-order valence-electron chi connectivity index (χ3n) is 2.51. The van der Waals surface area contributed by atoms with Gasteiger partial charge in [0.2, 0.25) is 0 Å². The van der Waals surface area contributed by atoms with Crippen LogP contribution in [0.1, 0.15) is 20.8 Å². The summed E-state index contributed by atoms with van der Waals surface area (Å²) in [6.07, 6.45) is 0. The number of benzene rings is 1. The van der Waals surface area contributed by atoms with Crippen molar-refractivity contribution in [2.24, 2.45) is 0 Å². The monoisotopic (exact) mass is 340 g/mol. The van der Waals surface area contributed by atoms with Gasteiger partial charge in [0.1, 0.15) is 5.82 Å². The molecule has 0 fully saturated rings. The number of hydrogen-bond acceptors (Lipinski definition) is 5. The minimum Gasteiger partial charge on any atom is -0.364 e. The van der Waals surface area contributed by atoms with E-state index in [9.17, 15) is 8.42 Å². The summed E-state index contributed by atoms with van der Waals surface area (Å²) < 4.78 is 26.8. The maximum absolute atomic E-state index is 12.2. The van der Waals surface area contributed by atoms with Gasteiger partial charge in [0.25, 0.3) is 10.0 Å². The summed E-state index contributed by atoms with van der Waals surface area (Å²) in [7, 11) is -3.74. The Balaban J connectivity index is 2.17. The quantitative estimate of drug-likeness (QED) is 0.893. The molecule has 22 heavy (non-hydrogen) atoms. The Morgan fingerprint density at radius 3 is 2.23 bits per heavy atom. The van der Waals surface area contributed by atoms with E-state index in [1.165, 1.54) is 12.1 Å². The topological polar surface area (TPSA) is 84.0 Å². The van der Waals surface area contributed by atoms with Crippen LogP contribution in [0, 0.1) is 0 Å². The van der Waals surface area contributed by atoms with Crippen LogP contribution in [0.15, 0.2) is 41.3 Å². The minimum absolute atomic E-state index is 0.0682. The molecule has 0 saturated heterocycles. The summed E-state index contributed by atoms with van der Waals surface area (Å²) in [5, 5.41) is 11.3. The van der Waals surface area contributed by atoms with Crippen LogP contribution in [0.25, 0.3) is 0 Å². The van der Waals surface area contributed by atoms with Crippen LogP contribution in [0.5, 0.6) is 0 Å². The maximum Gasteiger partial charge on any atom is 0.263 e. The minimum atomic E-state index is -3.74. The Morgan fingerprint density at radius 2 is 1.68 bits per heavy atom. The van der Waals surface area contributed by atoms with E-state index in [2.05, 4.69) is 20.2 Å². The molecule has 0 aliphatic carbocycles. The van der Waals surface area contributed by atoms with Gasteiger partial charge in [-0.25, -0.2) is 8.42 Å². The zero-order valence-corrected chi connectivity index (χ0v) is 14.0. The van der Waals surface area contributed by atoms with Crippen molar-refractivity contribution in [2.75, 3.05) is 10.0 Å². The molecule has 0 saturated carbocycles. The average Bonchev–Trinajstić information content (AvgIpc) is 2.39. The lowest BCUT2D eigenvalue weighted by molar-refractivity contribution is 0.600. The molecular formula is C14H17ClN4O2S. The fourth-order valence-electron chi connectivity index (χ4n) is 1.67. The number of hydrogen-bond donors (Lipinski definition) is 2. The number of aromatic nitrogens is 2. The van der Waals surface area contributed by atoms with Crippen molar-refractivity contribution in [1.82, 2.24) is 10.2 Å². The van der Waals surface area contributed by atoms with E-state index in [1.807, 2.05) is 20.8 Å². The van der Waals surface area contributed by atoms with Gasteiger partial charge in [-0.1, -0.05) is 17.7 Å². The second-order valence-electron chi connectivity index (χ2n) is 5.74. The van der Waals surface area contributed by atoms with Gasteiger partial charge in [-0.05, 0) is 51.1 Å². The Labute approximate surface area is 135 Å². The highest BCUT2D eigenvalue weighted by Gasteiger charge is 2.16. The highest BCUT2D eigenvalue weighted by atomic mass is 35.5. The molecule has 0 bridgehead atoms. The number of rotatable bonds is 4. The highest BCUT2D eigenvalue weighted by molar-refractivity contribution is 7.92. The van der Waals surface area contributed by atoms with Crippen molar-refractivity contribution in [3.8, 4) is 0 Å². The lowest BCUT2D eigenvalue weighted by Crippen LogP contribution is -2.26. The summed E-state index contributed by atoms with van der Waals surface area (Å²) in [5.41, 5.74) is -0.156. The number of halogens is 1. The Bertz CT molecular complexity index is 755. The molecule has 0 aliphatic rings. The second-order valence-corrected chi connectivity index (χ2v) is 7.86. The van der Waals surface area contributed by atoms with E-state index in [4.69, 9.17) is 11.6 Å². The van der Waals surface area contributed by atoms with E-state index < -0.39 is 10.0 Å². The molecule has 8 heteroatoms. The molecule has 0 spiro atoms. The van der Waals surface area contributed by atoms with Crippen molar-refractivity contribution in [3.05, 3.63) is 41.4 Å². The van der Waals surface area contributed by atoms with Gasteiger partial charge >= 0.3 is 0 Å². The van der Waals surface area contributed by atoms with Crippen molar-refractivity contribution in [1.29, 1.82) is 0 Å². The van der Waals surface area contributed by atoms with Gasteiger partial charge in [0.05, 0.1) is 4.90 Å². The number of sulfonamides is 1. The first-order chi connectivity index (χ1) is 10.2. The predicted octanol–water partition coefficient (Wildman–Crippen LogP) is 3.14. The molecule has 2 aromatic rings. The zero-order valence-electron chi connectivity index (χ0n) is 12.5. The highest BCUT2D eigenvalue weighted by Crippen LogP contribution is 2.19. The van der Waals surface area contributed by atoms with E-state index in [-0.39, 0.29) is 16.3 Å². The van der Waals surface area contributed by atoms with Gasteiger partial charge in [0, 0.05) is 10.6 Å². The van der Waals surface area contributed by atoms with E-state index >= 15 is 0 Å². The van der Waals surface area contributed by atoms with Gasteiger partial charge in [-0.2, -0.15) is 0 Å². The van der Waals surface area contributed by atoms with Gasteiger partial charge in [0.15, 0.2) is 5.82 Å². The summed E-state index contributed by atoms with van der Waals surface area (Å²) in [5.74, 6) is 0.706. The molecular weight excluding hydrogens is 324 g/mol. The standard InChI is InChI=1S/C14H17ClN4O2S/c1-14(2,3)16-12-7-8-13(18-17-12)19-22(20,21)11-6-4-5-10(15)9-11/h4-9H,1-3H3,(H,16,17)(H,18,19).